The van der Waals surface area contributed by atoms with E-state index in [0.717, 1.165) is 17.1 Å². The normalized spacial score (nSPS) is 15.6. The van der Waals surface area contributed by atoms with Gasteiger partial charge in [-0.05, 0) is 43.2 Å². The van der Waals surface area contributed by atoms with Crippen LogP contribution in [-0.2, 0) is 21.2 Å². The van der Waals surface area contributed by atoms with E-state index >= 15 is 0 Å². The molecule has 0 aromatic carbocycles. The molecule has 1 fully saturated rings. The van der Waals surface area contributed by atoms with Gasteiger partial charge in [0, 0.05) is 56.8 Å². The number of sulfonamides is 1. The summed E-state index contributed by atoms with van der Waals surface area (Å²) >= 11 is 0. The molecule has 186 valence electrons. The quantitative estimate of drug-likeness (QED) is 0.238. The van der Waals surface area contributed by atoms with Gasteiger partial charge >= 0.3 is 0 Å². The molecule has 0 spiro atoms. The maximum absolute atomic E-state index is 13.1. The molecule has 11 nitrogen and oxygen atoms in total. The zero-order valence-corrected chi connectivity index (χ0v) is 20.0. The number of aromatic nitrogens is 3. The lowest BCUT2D eigenvalue weighted by Gasteiger charge is -2.35. The number of piperazine rings is 1. The van der Waals surface area contributed by atoms with Crippen molar-refractivity contribution >= 4 is 22.3 Å². The zero-order valence-electron chi connectivity index (χ0n) is 19.2. The van der Waals surface area contributed by atoms with Gasteiger partial charge in [-0.3, -0.25) is 10.0 Å². The van der Waals surface area contributed by atoms with Gasteiger partial charge in [-0.2, -0.15) is 4.31 Å². The van der Waals surface area contributed by atoms with Crippen molar-refractivity contribution in [1.29, 1.82) is 0 Å². The Bertz CT molecular complexity index is 1170. The van der Waals surface area contributed by atoms with Crippen LogP contribution >= 0.6 is 0 Å². The molecule has 1 saturated heterocycles. The van der Waals surface area contributed by atoms with Crippen molar-refractivity contribution in [3.63, 3.8) is 0 Å². The minimum absolute atomic E-state index is 0.245. The van der Waals surface area contributed by atoms with Crippen molar-refractivity contribution in [3.05, 3.63) is 61.0 Å². The number of pyridine rings is 1. The molecule has 4 heterocycles. The highest BCUT2D eigenvalue weighted by Crippen LogP contribution is 2.22. The standard InChI is InChI=1S/C23H28N6O5S/c30-18-29(31)20(4-1-6-22-24-9-3-10-25-22)17-35(32,33)28-13-11-27(12-14-28)23-8-7-19(16-26-23)21-5-2-15-34-21/h2-3,5,7-10,15-16,18,20,31H,1,4,6,11-14,17H2. The Labute approximate surface area is 204 Å². The smallest absolute Gasteiger partial charge is 0.233 e. The van der Waals surface area contributed by atoms with Gasteiger partial charge in [0.1, 0.15) is 17.4 Å². The Hall–Kier alpha value is -3.35. The van der Waals surface area contributed by atoms with Gasteiger partial charge in [0.2, 0.25) is 16.4 Å². The lowest BCUT2D eigenvalue weighted by Crippen LogP contribution is -2.51. The third-order valence-electron chi connectivity index (χ3n) is 5.95. The lowest BCUT2D eigenvalue weighted by atomic mass is 10.1. The largest absolute Gasteiger partial charge is 0.464 e. The topological polar surface area (TPSA) is 133 Å². The summed E-state index contributed by atoms with van der Waals surface area (Å²) in [6, 6.07) is 8.35. The Morgan fingerprint density at radius 3 is 2.49 bits per heavy atom. The molecule has 35 heavy (non-hydrogen) atoms. The third-order valence-corrected chi connectivity index (χ3v) is 7.91. The second kappa shape index (κ2) is 11.4. The number of hydroxylamine groups is 2. The third kappa shape index (κ3) is 6.41. The summed E-state index contributed by atoms with van der Waals surface area (Å²) < 4.78 is 32.9. The monoisotopic (exact) mass is 500 g/mol. The van der Waals surface area contributed by atoms with E-state index in [1.807, 2.05) is 29.2 Å². The lowest BCUT2D eigenvalue weighted by molar-refractivity contribution is -0.158. The van der Waals surface area contributed by atoms with E-state index in [1.165, 1.54) is 4.31 Å². The molecule has 0 bridgehead atoms. The van der Waals surface area contributed by atoms with Crippen LogP contribution in [0.2, 0.25) is 0 Å². The van der Waals surface area contributed by atoms with Crippen LogP contribution in [0.3, 0.4) is 0 Å². The number of aryl methyl sites for hydroxylation is 1. The molecule has 0 saturated carbocycles. The minimum Gasteiger partial charge on any atom is -0.464 e. The van der Waals surface area contributed by atoms with Crippen LogP contribution in [0.1, 0.15) is 18.7 Å². The predicted molar refractivity (Wildman–Crippen MR) is 128 cm³/mol. The molecule has 0 aliphatic carbocycles. The highest BCUT2D eigenvalue weighted by atomic mass is 32.2. The number of carbonyl (C=O) groups excluding carboxylic acids is 1. The van der Waals surface area contributed by atoms with Gasteiger partial charge in [0.15, 0.2) is 0 Å². The van der Waals surface area contributed by atoms with Crippen LogP contribution in [0.15, 0.2) is 59.6 Å². The van der Waals surface area contributed by atoms with Crippen molar-refractivity contribution in [2.24, 2.45) is 0 Å². The van der Waals surface area contributed by atoms with Gasteiger partial charge in [0.25, 0.3) is 0 Å². The Morgan fingerprint density at radius 1 is 1.09 bits per heavy atom. The molecule has 12 heteroatoms. The first-order chi connectivity index (χ1) is 17.0. The summed E-state index contributed by atoms with van der Waals surface area (Å²) in [5, 5.41) is 10.4. The molecule has 1 unspecified atom stereocenters. The van der Waals surface area contributed by atoms with Gasteiger partial charge in [0.05, 0.1) is 18.1 Å². The number of carbonyl (C=O) groups is 1. The SMILES string of the molecule is O=CN(O)C(CCCc1ncccn1)CS(=O)(=O)N1CCN(c2ccc(-c3ccco3)cn2)CC1. The first-order valence-electron chi connectivity index (χ1n) is 11.4. The molecule has 1 N–H and O–H groups in total. The van der Waals surface area contributed by atoms with Crippen molar-refractivity contribution in [1.82, 2.24) is 24.3 Å². The van der Waals surface area contributed by atoms with E-state index in [2.05, 4.69) is 15.0 Å². The first-order valence-corrected chi connectivity index (χ1v) is 13.0. The number of rotatable bonds is 11. The van der Waals surface area contributed by atoms with Crippen LogP contribution in [0.5, 0.6) is 0 Å². The second-order valence-corrected chi connectivity index (χ2v) is 10.3. The fourth-order valence-electron chi connectivity index (χ4n) is 4.04. The molecular weight excluding hydrogens is 472 g/mol. The van der Waals surface area contributed by atoms with Crippen LogP contribution < -0.4 is 4.90 Å². The molecule has 1 aliphatic heterocycles. The summed E-state index contributed by atoms with van der Waals surface area (Å²) in [7, 11) is -3.69. The Balaban J connectivity index is 1.31. The highest BCUT2D eigenvalue weighted by molar-refractivity contribution is 7.89. The summed E-state index contributed by atoms with van der Waals surface area (Å²) in [5.74, 6) is 1.78. The molecule has 1 amide bonds. The van der Waals surface area contributed by atoms with Gasteiger partial charge in [-0.15, -0.1) is 0 Å². The molecular formula is C23H28N6O5S. The molecule has 0 radical (unpaired) electrons. The average molecular weight is 501 g/mol. The predicted octanol–water partition coefficient (Wildman–Crippen LogP) is 1.82. The molecule has 1 atom stereocenters. The highest BCUT2D eigenvalue weighted by Gasteiger charge is 2.31. The minimum atomic E-state index is -3.69. The molecule has 1 aliphatic rings. The van der Waals surface area contributed by atoms with E-state index < -0.39 is 16.1 Å². The van der Waals surface area contributed by atoms with Crippen LogP contribution in [0.25, 0.3) is 11.3 Å². The first kappa shape index (κ1) is 24.8. The van der Waals surface area contributed by atoms with Crippen molar-refractivity contribution in [2.75, 3.05) is 36.8 Å². The number of hydrogen-bond acceptors (Lipinski definition) is 9. The Kier molecular flexibility index (Phi) is 8.06. The van der Waals surface area contributed by atoms with Crippen LogP contribution in [0.4, 0.5) is 5.82 Å². The van der Waals surface area contributed by atoms with Crippen LogP contribution in [0, 0.1) is 0 Å². The fraction of sp³-hybridized carbons (Fsp3) is 0.391. The number of hydrogen-bond donors (Lipinski definition) is 1. The Morgan fingerprint density at radius 2 is 1.86 bits per heavy atom. The van der Waals surface area contributed by atoms with Gasteiger partial charge in [-0.1, -0.05) is 0 Å². The van der Waals surface area contributed by atoms with E-state index in [0.29, 0.717) is 56.3 Å². The van der Waals surface area contributed by atoms with E-state index in [9.17, 15) is 18.4 Å². The van der Waals surface area contributed by atoms with E-state index in [1.54, 1.807) is 30.9 Å². The fourth-order valence-corrected chi connectivity index (χ4v) is 5.77. The van der Waals surface area contributed by atoms with Gasteiger partial charge in [-0.25, -0.2) is 28.4 Å². The zero-order chi connectivity index (χ0) is 24.7. The molecule has 3 aromatic rings. The molecule has 4 rings (SSSR count). The van der Waals surface area contributed by atoms with Crippen LogP contribution in [-0.4, -0.2) is 82.3 Å². The van der Waals surface area contributed by atoms with Crippen molar-refractivity contribution in [3.8, 4) is 11.3 Å². The van der Waals surface area contributed by atoms with E-state index in [-0.39, 0.29) is 12.2 Å². The average Bonchev–Trinajstić information content (AvgIpc) is 3.43. The maximum atomic E-state index is 13.1. The summed E-state index contributed by atoms with van der Waals surface area (Å²) in [6.45, 7) is 1.56. The van der Waals surface area contributed by atoms with Gasteiger partial charge < -0.3 is 9.32 Å². The number of amides is 1. The summed E-state index contributed by atoms with van der Waals surface area (Å²) in [5.41, 5.74) is 0.869. The maximum Gasteiger partial charge on any atom is 0.233 e. The van der Waals surface area contributed by atoms with Crippen molar-refractivity contribution in [2.45, 2.75) is 25.3 Å². The second-order valence-electron chi connectivity index (χ2n) is 8.24. The number of nitrogens with zero attached hydrogens (tertiary/aromatic N) is 6. The number of anilines is 1. The molecule has 3 aromatic heterocycles. The van der Waals surface area contributed by atoms with Crippen molar-refractivity contribution < 1.29 is 22.8 Å². The number of furan rings is 1. The van der Waals surface area contributed by atoms with E-state index in [4.69, 9.17) is 4.42 Å². The summed E-state index contributed by atoms with van der Waals surface area (Å²) in [4.78, 5) is 26.0. The summed E-state index contributed by atoms with van der Waals surface area (Å²) in [6.07, 6.45) is 8.21.